The first kappa shape index (κ1) is 28.8. The van der Waals surface area contributed by atoms with E-state index in [2.05, 4.69) is 15.6 Å². The summed E-state index contributed by atoms with van der Waals surface area (Å²) in [4.78, 5) is 31.8. The number of hydrogen-bond donors (Lipinski definition) is 2. The molecule has 42 heavy (non-hydrogen) atoms. The minimum atomic E-state index is -0.596. The Bertz CT molecular complexity index is 1690. The molecule has 1 aromatic heterocycles. The highest BCUT2D eigenvalue weighted by atomic mass is 32.2. The molecule has 212 valence electrons. The van der Waals surface area contributed by atoms with Gasteiger partial charge >= 0.3 is 0 Å². The van der Waals surface area contributed by atoms with Gasteiger partial charge in [0.15, 0.2) is 16.6 Å². The predicted octanol–water partition coefficient (Wildman–Crippen LogP) is 7.69. The van der Waals surface area contributed by atoms with Gasteiger partial charge in [-0.2, -0.15) is 0 Å². The zero-order valence-corrected chi connectivity index (χ0v) is 24.3. The summed E-state index contributed by atoms with van der Waals surface area (Å²) in [7, 11) is 3.05. The van der Waals surface area contributed by atoms with Crippen molar-refractivity contribution in [2.24, 2.45) is 0 Å². The second-order valence-electron chi connectivity index (χ2n) is 8.99. The fourth-order valence-electron chi connectivity index (χ4n) is 4.12. The summed E-state index contributed by atoms with van der Waals surface area (Å²) < 4.78 is 23.9. The number of nitrogens with one attached hydrogen (secondary N) is 2. The number of benzene rings is 4. The van der Waals surface area contributed by atoms with E-state index in [0.717, 1.165) is 16.0 Å². The van der Waals surface area contributed by atoms with Gasteiger partial charge in [-0.25, -0.2) is 9.37 Å². The average molecular weight is 600 g/mol. The lowest BCUT2D eigenvalue weighted by atomic mass is 10.1. The molecule has 0 bridgehead atoms. The van der Waals surface area contributed by atoms with Crippen molar-refractivity contribution >= 4 is 45.7 Å². The first-order valence-electron chi connectivity index (χ1n) is 12.8. The Balaban J connectivity index is 1.32. The number of ether oxygens (including phenoxy) is 2. The van der Waals surface area contributed by atoms with Gasteiger partial charge in [0.2, 0.25) is 5.91 Å². The number of hydrogen-bond acceptors (Lipinski definition) is 7. The molecule has 0 radical (unpaired) electrons. The number of carbonyl (C=O) groups is 2. The van der Waals surface area contributed by atoms with Crippen LogP contribution in [0, 0.1) is 5.82 Å². The van der Waals surface area contributed by atoms with Crippen molar-refractivity contribution in [1.29, 1.82) is 0 Å². The number of thioether (sulfide) groups is 1. The summed E-state index contributed by atoms with van der Waals surface area (Å²) in [5.74, 6) is 0.107. The first-order chi connectivity index (χ1) is 20.4. The van der Waals surface area contributed by atoms with Crippen LogP contribution in [0.25, 0.3) is 11.3 Å². The highest BCUT2D eigenvalue weighted by Crippen LogP contribution is 2.38. The molecule has 10 heteroatoms. The van der Waals surface area contributed by atoms with Gasteiger partial charge in [0.05, 0.1) is 19.9 Å². The van der Waals surface area contributed by atoms with E-state index in [0.29, 0.717) is 33.6 Å². The smallest absolute Gasteiger partial charge is 0.255 e. The number of aromatic nitrogens is 1. The second-order valence-corrected chi connectivity index (χ2v) is 11.0. The Morgan fingerprint density at radius 2 is 1.62 bits per heavy atom. The van der Waals surface area contributed by atoms with Crippen molar-refractivity contribution in [3.05, 3.63) is 119 Å². The molecule has 2 N–H and O–H groups in total. The van der Waals surface area contributed by atoms with Gasteiger partial charge in [-0.15, -0.1) is 23.1 Å². The van der Waals surface area contributed by atoms with E-state index < -0.39 is 5.25 Å². The van der Waals surface area contributed by atoms with Gasteiger partial charge in [-0.1, -0.05) is 36.4 Å². The average Bonchev–Trinajstić information content (AvgIpc) is 3.48. The molecule has 0 aliphatic rings. The minimum absolute atomic E-state index is 0.244. The van der Waals surface area contributed by atoms with Crippen LogP contribution in [-0.4, -0.2) is 31.0 Å². The first-order valence-corrected chi connectivity index (χ1v) is 14.6. The summed E-state index contributed by atoms with van der Waals surface area (Å²) >= 11 is 2.65. The molecular weight excluding hydrogens is 574 g/mol. The van der Waals surface area contributed by atoms with Crippen LogP contribution >= 0.6 is 23.1 Å². The molecule has 0 spiro atoms. The van der Waals surface area contributed by atoms with Gasteiger partial charge in [0.25, 0.3) is 5.91 Å². The van der Waals surface area contributed by atoms with Gasteiger partial charge < -0.3 is 20.1 Å². The van der Waals surface area contributed by atoms with Crippen molar-refractivity contribution < 1.29 is 23.5 Å². The van der Waals surface area contributed by atoms with E-state index >= 15 is 0 Å². The van der Waals surface area contributed by atoms with Gasteiger partial charge in [-0.3, -0.25) is 9.59 Å². The van der Waals surface area contributed by atoms with Crippen molar-refractivity contribution in [3.8, 4) is 22.8 Å². The molecule has 0 saturated carbocycles. The van der Waals surface area contributed by atoms with Crippen molar-refractivity contribution in [1.82, 2.24) is 4.98 Å². The summed E-state index contributed by atoms with van der Waals surface area (Å²) in [6, 6.07) is 27.7. The zero-order chi connectivity index (χ0) is 29.5. The molecule has 0 saturated heterocycles. The Morgan fingerprint density at radius 1 is 0.857 bits per heavy atom. The van der Waals surface area contributed by atoms with Crippen LogP contribution in [0.1, 0.15) is 21.2 Å². The van der Waals surface area contributed by atoms with E-state index in [4.69, 9.17) is 9.47 Å². The minimum Gasteiger partial charge on any atom is -0.493 e. The third-order valence-electron chi connectivity index (χ3n) is 6.21. The standard InChI is InChI=1S/C32H26FN3O4S2/c1-39-27-16-13-22(17-28(27)40-2)30(37)34-24-9-6-10-25(18-24)42-29(21-7-4-3-5-8-21)31(38)36-32-35-26(19-41-32)20-11-14-23(33)15-12-20/h3-19,29H,1-2H3,(H,34,37)(H,35,36,38). The Labute approximate surface area is 250 Å². The number of anilines is 2. The molecule has 0 fully saturated rings. The number of nitrogens with zero attached hydrogens (tertiary/aromatic N) is 1. The van der Waals surface area contributed by atoms with Gasteiger partial charge in [0, 0.05) is 27.1 Å². The Kier molecular flexibility index (Phi) is 9.15. The molecule has 1 unspecified atom stereocenters. The molecule has 5 rings (SSSR count). The molecule has 0 aliphatic heterocycles. The summed E-state index contributed by atoms with van der Waals surface area (Å²) in [6.45, 7) is 0. The van der Waals surface area contributed by atoms with Crippen LogP contribution in [-0.2, 0) is 4.79 Å². The summed E-state index contributed by atoms with van der Waals surface area (Å²) in [5, 5.41) is 7.51. The van der Waals surface area contributed by atoms with Crippen molar-refractivity contribution in [2.75, 3.05) is 24.9 Å². The van der Waals surface area contributed by atoms with Crippen LogP contribution < -0.4 is 20.1 Å². The molecule has 2 amide bonds. The summed E-state index contributed by atoms with van der Waals surface area (Å²) in [6.07, 6.45) is 0. The van der Waals surface area contributed by atoms with E-state index in [1.54, 1.807) is 36.4 Å². The number of carbonyl (C=O) groups excluding carboxylic acids is 2. The molecular formula is C32H26FN3O4S2. The number of amides is 2. The Hall–Kier alpha value is -4.67. The predicted molar refractivity (Wildman–Crippen MR) is 165 cm³/mol. The largest absolute Gasteiger partial charge is 0.493 e. The normalized spacial score (nSPS) is 11.4. The zero-order valence-electron chi connectivity index (χ0n) is 22.7. The van der Waals surface area contributed by atoms with Crippen molar-refractivity contribution in [3.63, 3.8) is 0 Å². The lowest BCUT2D eigenvalue weighted by Gasteiger charge is -2.17. The van der Waals surface area contributed by atoms with E-state index in [9.17, 15) is 14.0 Å². The molecule has 4 aromatic carbocycles. The number of methoxy groups -OCH3 is 2. The fourth-order valence-corrected chi connectivity index (χ4v) is 5.93. The highest BCUT2D eigenvalue weighted by Gasteiger charge is 2.23. The lowest BCUT2D eigenvalue weighted by molar-refractivity contribution is -0.115. The second kappa shape index (κ2) is 13.3. The molecule has 5 aromatic rings. The molecule has 0 aliphatic carbocycles. The van der Waals surface area contributed by atoms with E-state index in [1.807, 2.05) is 53.9 Å². The topological polar surface area (TPSA) is 89.5 Å². The van der Waals surface area contributed by atoms with Crippen molar-refractivity contribution in [2.45, 2.75) is 10.1 Å². The number of rotatable bonds is 10. The molecule has 7 nitrogen and oxygen atoms in total. The maximum Gasteiger partial charge on any atom is 0.255 e. The van der Waals surface area contributed by atoms with Crippen LogP contribution in [0.2, 0.25) is 0 Å². The fraction of sp³-hybridized carbons (Fsp3) is 0.0938. The highest BCUT2D eigenvalue weighted by molar-refractivity contribution is 8.00. The maximum atomic E-state index is 13.6. The van der Waals surface area contributed by atoms with Crippen LogP contribution in [0.15, 0.2) is 107 Å². The van der Waals surface area contributed by atoms with Gasteiger partial charge in [-0.05, 0) is 66.2 Å². The Morgan fingerprint density at radius 3 is 2.36 bits per heavy atom. The maximum absolute atomic E-state index is 13.6. The SMILES string of the molecule is COc1ccc(C(=O)Nc2cccc(SC(C(=O)Nc3nc(-c4ccc(F)cc4)cs3)c3ccccc3)c2)cc1OC. The molecule has 1 heterocycles. The van der Waals surface area contributed by atoms with Crippen LogP contribution in [0.3, 0.4) is 0 Å². The molecule has 1 atom stereocenters. The van der Waals surface area contributed by atoms with Gasteiger partial charge in [0.1, 0.15) is 11.1 Å². The third kappa shape index (κ3) is 6.96. The van der Waals surface area contributed by atoms with E-state index in [-0.39, 0.29) is 17.6 Å². The summed E-state index contributed by atoms with van der Waals surface area (Å²) in [5.41, 5.74) is 3.22. The van der Waals surface area contributed by atoms with Crippen LogP contribution in [0.4, 0.5) is 15.2 Å². The lowest BCUT2D eigenvalue weighted by Crippen LogP contribution is -2.19. The monoisotopic (exact) mass is 599 g/mol. The third-order valence-corrected chi connectivity index (χ3v) is 8.21. The van der Waals surface area contributed by atoms with E-state index in [1.165, 1.54) is 49.5 Å². The number of thiazole rings is 1. The quantitative estimate of drug-likeness (QED) is 0.160. The van der Waals surface area contributed by atoms with Crippen LogP contribution in [0.5, 0.6) is 11.5 Å². The number of halogens is 1.